The van der Waals surface area contributed by atoms with E-state index >= 15 is 0 Å². The first-order valence-corrected chi connectivity index (χ1v) is 9.46. The molecule has 3 aromatic heterocycles. The maximum Gasteiger partial charge on any atom is 0.259 e. The van der Waals surface area contributed by atoms with Gasteiger partial charge in [-0.15, -0.1) is 0 Å². The molecule has 8 nitrogen and oxygen atoms in total. The van der Waals surface area contributed by atoms with E-state index in [-0.39, 0.29) is 11.4 Å². The Labute approximate surface area is 176 Å². The van der Waals surface area contributed by atoms with E-state index in [9.17, 15) is 14.0 Å². The summed E-state index contributed by atoms with van der Waals surface area (Å²) in [5.74, 6) is -0.120. The largest absolute Gasteiger partial charge is 0.466 e. The molecule has 2 amide bonds. The lowest BCUT2D eigenvalue weighted by Gasteiger charge is -2.10. The number of rotatable bonds is 4. The van der Waals surface area contributed by atoms with Crippen LogP contribution in [0.5, 0.6) is 0 Å². The summed E-state index contributed by atoms with van der Waals surface area (Å²) in [6, 6.07) is 7.38. The Balaban J connectivity index is 1.76. The molecule has 4 rings (SSSR count). The lowest BCUT2D eigenvalue weighted by atomic mass is 10.1. The number of nitrogens with zero attached hydrogens (tertiary/aromatic N) is 2. The van der Waals surface area contributed by atoms with Crippen molar-refractivity contribution in [3.63, 3.8) is 0 Å². The summed E-state index contributed by atoms with van der Waals surface area (Å²) in [7, 11) is 0. The maximum atomic E-state index is 13.9. The first-order valence-electron chi connectivity index (χ1n) is 9.46. The van der Waals surface area contributed by atoms with Gasteiger partial charge in [-0.2, -0.15) is 0 Å². The number of aryl methyl sites for hydroxylation is 3. The van der Waals surface area contributed by atoms with E-state index in [1.807, 2.05) is 19.9 Å². The summed E-state index contributed by atoms with van der Waals surface area (Å²) >= 11 is 0. The number of hydrogen-bond acceptors (Lipinski definition) is 6. The molecule has 0 aliphatic rings. The zero-order chi connectivity index (χ0) is 22.3. The standard InChI is InChI=1S/C22H19FN4O4/c1-10-7-15(12(3)30-10)18-9-16(20-11(2)27-31-22(20)26-18)21(29)25-14-5-6-17(23)19(8-14)24-13(4)28/h5-9H,1-4H3,(H,24,28)(H,25,29). The summed E-state index contributed by atoms with van der Waals surface area (Å²) in [5, 5.41) is 9.52. The van der Waals surface area contributed by atoms with Crippen LogP contribution in [0.1, 0.15) is 34.5 Å². The number of amides is 2. The lowest BCUT2D eigenvalue weighted by Crippen LogP contribution is -2.14. The minimum Gasteiger partial charge on any atom is -0.466 e. The van der Waals surface area contributed by atoms with Crippen molar-refractivity contribution in [2.75, 3.05) is 10.6 Å². The average Bonchev–Trinajstić information content (AvgIpc) is 3.24. The number of benzene rings is 1. The molecule has 31 heavy (non-hydrogen) atoms. The summed E-state index contributed by atoms with van der Waals surface area (Å²) < 4.78 is 24.8. The smallest absolute Gasteiger partial charge is 0.259 e. The Hall–Kier alpha value is -4.01. The fourth-order valence-corrected chi connectivity index (χ4v) is 3.38. The molecule has 1 aromatic carbocycles. The van der Waals surface area contributed by atoms with E-state index < -0.39 is 17.6 Å². The number of carbonyl (C=O) groups excluding carboxylic acids is 2. The van der Waals surface area contributed by atoms with Crippen LogP contribution in [0.4, 0.5) is 15.8 Å². The molecule has 158 valence electrons. The van der Waals surface area contributed by atoms with Crippen LogP contribution >= 0.6 is 0 Å². The number of furan rings is 1. The highest BCUT2D eigenvalue weighted by Gasteiger charge is 2.21. The fraction of sp³-hybridized carbons (Fsp3) is 0.182. The van der Waals surface area contributed by atoms with Crippen molar-refractivity contribution in [1.82, 2.24) is 10.1 Å². The number of aromatic nitrogens is 2. The summed E-state index contributed by atoms with van der Waals surface area (Å²) in [6.07, 6.45) is 0. The molecular formula is C22H19FN4O4. The quantitative estimate of drug-likeness (QED) is 0.491. The molecule has 0 unspecified atom stereocenters. The van der Waals surface area contributed by atoms with Crippen LogP contribution in [0, 0.1) is 26.6 Å². The molecule has 9 heteroatoms. The van der Waals surface area contributed by atoms with Gasteiger partial charge >= 0.3 is 0 Å². The van der Waals surface area contributed by atoms with E-state index in [2.05, 4.69) is 20.8 Å². The molecule has 0 saturated carbocycles. The van der Waals surface area contributed by atoms with Crippen molar-refractivity contribution in [2.45, 2.75) is 27.7 Å². The number of fused-ring (bicyclic) bond motifs is 1. The molecule has 0 radical (unpaired) electrons. The molecule has 0 bridgehead atoms. The van der Waals surface area contributed by atoms with Gasteiger partial charge in [0.05, 0.1) is 28.0 Å². The maximum absolute atomic E-state index is 13.9. The van der Waals surface area contributed by atoms with E-state index in [4.69, 9.17) is 8.94 Å². The highest BCUT2D eigenvalue weighted by molar-refractivity contribution is 6.13. The van der Waals surface area contributed by atoms with Crippen LogP contribution in [0.2, 0.25) is 0 Å². The number of carbonyl (C=O) groups is 2. The normalized spacial score (nSPS) is 11.0. The first kappa shape index (κ1) is 20.3. The Morgan fingerprint density at radius 3 is 2.52 bits per heavy atom. The zero-order valence-electron chi connectivity index (χ0n) is 17.3. The lowest BCUT2D eigenvalue weighted by molar-refractivity contribution is -0.114. The summed E-state index contributed by atoms with van der Waals surface area (Å²) in [5.41, 5.74) is 2.54. The number of nitrogens with one attached hydrogen (secondary N) is 2. The van der Waals surface area contributed by atoms with Crippen molar-refractivity contribution < 1.29 is 22.9 Å². The van der Waals surface area contributed by atoms with Gasteiger partial charge in [0.1, 0.15) is 17.3 Å². The van der Waals surface area contributed by atoms with Crippen LogP contribution in [0.15, 0.2) is 39.3 Å². The van der Waals surface area contributed by atoms with E-state index in [1.54, 1.807) is 13.0 Å². The number of anilines is 2. The van der Waals surface area contributed by atoms with Gasteiger partial charge in [0.25, 0.3) is 11.6 Å². The molecule has 0 fully saturated rings. The van der Waals surface area contributed by atoms with Gasteiger partial charge in [-0.3, -0.25) is 9.59 Å². The van der Waals surface area contributed by atoms with E-state index in [0.29, 0.717) is 39.5 Å². The van der Waals surface area contributed by atoms with Gasteiger partial charge in [0.2, 0.25) is 5.91 Å². The van der Waals surface area contributed by atoms with Gasteiger partial charge < -0.3 is 19.6 Å². The van der Waals surface area contributed by atoms with Crippen LogP contribution in [0.3, 0.4) is 0 Å². The fourth-order valence-electron chi connectivity index (χ4n) is 3.38. The highest BCUT2D eigenvalue weighted by Crippen LogP contribution is 2.31. The van der Waals surface area contributed by atoms with Crippen molar-refractivity contribution in [3.8, 4) is 11.3 Å². The Morgan fingerprint density at radius 1 is 1.06 bits per heavy atom. The third-order valence-corrected chi connectivity index (χ3v) is 4.71. The van der Waals surface area contributed by atoms with Gasteiger partial charge in [0.15, 0.2) is 0 Å². The van der Waals surface area contributed by atoms with Gasteiger partial charge in [-0.1, -0.05) is 5.16 Å². The molecule has 0 saturated heterocycles. The van der Waals surface area contributed by atoms with Crippen molar-refractivity contribution in [3.05, 3.63) is 58.9 Å². The van der Waals surface area contributed by atoms with E-state index in [0.717, 1.165) is 11.6 Å². The number of halogens is 1. The number of hydrogen-bond donors (Lipinski definition) is 2. The second kappa shape index (κ2) is 7.67. The molecule has 4 aromatic rings. The third-order valence-electron chi connectivity index (χ3n) is 4.71. The highest BCUT2D eigenvalue weighted by atomic mass is 19.1. The number of pyridine rings is 1. The molecule has 0 spiro atoms. The van der Waals surface area contributed by atoms with Crippen LogP contribution in [0.25, 0.3) is 22.4 Å². The molecule has 0 aliphatic heterocycles. The van der Waals surface area contributed by atoms with Gasteiger partial charge in [-0.25, -0.2) is 9.37 Å². The SMILES string of the molecule is CC(=O)Nc1cc(NC(=O)c2cc(-c3cc(C)oc3C)nc3onc(C)c23)ccc1F. The minimum atomic E-state index is -0.609. The average molecular weight is 422 g/mol. The van der Waals surface area contributed by atoms with Crippen LogP contribution < -0.4 is 10.6 Å². The third kappa shape index (κ3) is 3.89. The topological polar surface area (TPSA) is 110 Å². The minimum absolute atomic E-state index is 0.0310. The zero-order valence-corrected chi connectivity index (χ0v) is 17.3. The molecule has 2 N–H and O–H groups in total. The van der Waals surface area contributed by atoms with Crippen molar-refractivity contribution >= 4 is 34.3 Å². The molecular weight excluding hydrogens is 403 g/mol. The second-order valence-corrected chi connectivity index (χ2v) is 7.16. The first-order chi connectivity index (χ1) is 14.7. The molecule has 0 atom stereocenters. The summed E-state index contributed by atoms with van der Waals surface area (Å²) in [4.78, 5) is 28.9. The molecule has 3 heterocycles. The Bertz CT molecular complexity index is 1340. The Morgan fingerprint density at radius 2 is 1.84 bits per heavy atom. The monoisotopic (exact) mass is 422 g/mol. The summed E-state index contributed by atoms with van der Waals surface area (Å²) in [6.45, 7) is 6.61. The van der Waals surface area contributed by atoms with E-state index in [1.165, 1.54) is 19.1 Å². The predicted molar refractivity (Wildman–Crippen MR) is 112 cm³/mol. The molecule has 0 aliphatic carbocycles. The van der Waals surface area contributed by atoms with Crippen LogP contribution in [-0.2, 0) is 4.79 Å². The predicted octanol–water partition coefficient (Wildman–Crippen LogP) is 4.76. The van der Waals surface area contributed by atoms with Gasteiger partial charge in [-0.05, 0) is 51.1 Å². The van der Waals surface area contributed by atoms with Crippen LogP contribution in [-0.4, -0.2) is 22.0 Å². The van der Waals surface area contributed by atoms with Gasteiger partial charge in [0, 0.05) is 18.2 Å². The van der Waals surface area contributed by atoms with Crippen molar-refractivity contribution in [2.24, 2.45) is 0 Å². The second-order valence-electron chi connectivity index (χ2n) is 7.16. The van der Waals surface area contributed by atoms with Crippen molar-refractivity contribution in [1.29, 1.82) is 0 Å². The Kier molecular flexibility index (Phi) is 5.02.